The number of carbonyl (C=O) groups is 3. The number of hydrogen-bond acceptors (Lipinski definition) is 4. The monoisotopic (exact) mass is 474 g/mol. The maximum atomic E-state index is 13.2. The highest BCUT2D eigenvalue weighted by Crippen LogP contribution is 2.44. The van der Waals surface area contributed by atoms with Crippen LogP contribution in [0.4, 0.5) is 4.79 Å². The molecule has 182 valence electrons. The second-order valence-electron chi connectivity index (χ2n) is 9.02. The van der Waals surface area contributed by atoms with Crippen LogP contribution in [0.15, 0.2) is 48.5 Å². The molecule has 0 aliphatic heterocycles. The predicted octanol–water partition coefficient (Wildman–Crippen LogP) is 4.02. The number of hydrogen-bond donors (Lipinski definition) is 2. The summed E-state index contributed by atoms with van der Waals surface area (Å²) in [6.45, 7) is 2.41. The van der Waals surface area contributed by atoms with Gasteiger partial charge in [-0.05, 0) is 47.9 Å². The Morgan fingerprint density at radius 1 is 1.09 bits per heavy atom. The minimum absolute atomic E-state index is 0.0836. The third-order valence-corrected chi connectivity index (χ3v) is 6.50. The van der Waals surface area contributed by atoms with Crippen molar-refractivity contribution in [1.82, 2.24) is 10.2 Å². The van der Waals surface area contributed by atoms with Crippen molar-refractivity contribution in [2.45, 2.75) is 44.6 Å². The van der Waals surface area contributed by atoms with Crippen LogP contribution in [0.2, 0.25) is 0 Å². The van der Waals surface area contributed by atoms with Gasteiger partial charge in [0.2, 0.25) is 5.91 Å². The number of fused-ring (bicyclic) bond motifs is 3. The van der Waals surface area contributed by atoms with Gasteiger partial charge in [-0.2, -0.15) is 0 Å². The number of aliphatic carboxylic acids is 1. The highest BCUT2D eigenvalue weighted by Gasteiger charge is 2.32. The Balaban J connectivity index is 1.42. The Kier molecular flexibility index (Phi) is 7.71. The third-order valence-electron chi connectivity index (χ3n) is 6.50. The molecule has 1 unspecified atom stereocenters. The van der Waals surface area contributed by atoms with Crippen LogP contribution in [0, 0.1) is 17.8 Å². The third kappa shape index (κ3) is 6.02. The van der Waals surface area contributed by atoms with E-state index in [1.165, 1.54) is 4.90 Å². The molecule has 2 aliphatic rings. The van der Waals surface area contributed by atoms with E-state index in [0.29, 0.717) is 12.5 Å². The fourth-order valence-electron chi connectivity index (χ4n) is 4.54. The van der Waals surface area contributed by atoms with Crippen molar-refractivity contribution < 1.29 is 24.2 Å². The van der Waals surface area contributed by atoms with Gasteiger partial charge >= 0.3 is 12.1 Å². The molecule has 0 saturated heterocycles. The second-order valence-corrected chi connectivity index (χ2v) is 9.02. The largest absolute Gasteiger partial charge is 0.481 e. The van der Waals surface area contributed by atoms with E-state index in [9.17, 15) is 14.4 Å². The Morgan fingerprint density at radius 2 is 1.71 bits per heavy atom. The number of rotatable bonds is 10. The van der Waals surface area contributed by atoms with E-state index in [0.717, 1.165) is 35.1 Å². The SMILES string of the molecule is CC#CCC(NC(=O)OCC1c2ccccc2-c2ccccc21)C(=O)N(CCC(=O)O)CC1CC1. The predicted molar refractivity (Wildman–Crippen MR) is 132 cm³/mol. The summed E-state index contributed by atoms with van der Waals surface area (Å²) in [4.78, 5) is 38.6. The molecule has 35 heavy (non-hydrogen) atoms. The first-order chi connectivity index (χ1) is 17.0. The van der Waals surface area contributed by atoms with Crippen LogP contribution in [0.25, 0.3) is 11.1 Å². The number of ether oxygens (including phenoxy) is 1. The van der Waals surface area contributed by atoms with Crippen molar-refractivity contribution in [3.05, 3.63) is 59.7 Å². The minimum atomic E-state index is -0.965. The number of carboxylic acids is 1. The number of nitrogens with zero attached hydrogens (tertiary/aromatic N) is 1. The minimum Gasteiger partial charge on any atom is -0.481 e. The molecule has 7 heteroatoms. The van der Waals surface area contributed by atoms with E-state index in [4.69, 9.17) is 9.84 Å². The van der Waals surface area contributed by atoms with Gasteiger partial charge in [-0.25, -0.2) is 4.79 Å². The fourth-order valence-corrected chi connectivity index (χ4v) is 4.54. The number of carboxylic acid groups (broad SMARTS) is 1. The van der Waals surface area contributed by atoms with E-state index in [2.05, 4.69) is 29.3 Å². The fraction of sp³-hybridized carbons (Fsp3) is 0.393. The van der Waals surface area contributed by atoms with Gasteiger partial charge in [0.1, 0.15) is 12.6 Å². The van der Waals surface area contributed by atoms with Crippen LogP contribution in [-0.2, 0) is 14.3 Å². The lowest BCUT2D eigenvalue weighted by molar-refractivity contribution is -0.139. The summed E-state index contributed by atoms with van der Waals surface area (Å²) in [7, 11) is 0. The van der Waals surface area contributed by atoms with Gasteiger partial charge in [0.05, 0.1) is 6.42 Å². The Hall–Kier alpha value is -3.79. The van der Waals surface area contributed by atoms with Crippen LogP contribution >= 0.6 is 0 Å². The molecule has 2 aliphatic carbocycles. The zero-order valence-corrected chi connectivity index (χ0v) is 19.8. The van der Waals surface area contributed by atoms with Gasteiger partial charge < -0.3 is 20.1 Å². The Morgan fingerprint density at radius 3 is 2.29 bits per heavy atom. The molecule has 0 radical (unpaired) electrons. The molecule has 1 saturated carbocycles. The smallest absolute Gasteiger partial charge is 0.407 e. The van der Waals surface area contributed by atoms with E-state index < -0.39 is 18.1 Å². The van der Waals surface area contributed by atoms with Crippen molar-refractivity contribution in [2.24, 2.45) is 5.92 Å². The molecule has 0 spiro atoms. The molecule has 1 atom stereocenters. The highest BCUT2D eigenvalue weighted by atomic mass is 16.5. The van der Waals surface area contributed by atoms with Crippen molar-refractivity contribution in [1.29, 1.82) is 0 Å². The molecule has 2 N–H and O–H groups in total. The lowest BCUT2D eigenvalue weighted by atomic mass is 9.98. The number of amides is 2. The lowest BCUT2D eigenvalue weighted by Crippen LogP contribution is -2.49. The standard InChI is InChI=1S/C28H30N2O5/c1-2-3-12-25(27(33)30(16-15-26(31)32)17-19-13-14-19)29-28(34)35-18-24-22-10-6-4-8-20(22)21-9-5-7-11-23(21)24/h4-11,19,24-25H,12-18H2,1H3,(H,29,34)(H,31,32). The topological polar surface area (TPSA) is 95.9 Å². The Labute approximate surface area is 205 Å². The summed E-state index contributed by atoms with van der Waals surface area (Å²) >= 11 is 0. The average molecular weight is 475 g/mol. The molecule has 1 fully saturated rings. The van der Waals surface area contributed by atoms with E-state index in [1.54, 1.807) is 6.92 Å². The number of benzene rings is 2. The van der Waals surface area contributed by atoms with Crippen LogP contribution in [0.3, 0.4) is 0 Å². The van der Waals surface area contributed by atoms with Crippen LogP contribution < -0.4 is 5.32 Å². The van der Waals surface area contributed by atoms with E-state index in [-0.39, 0.29) is 37.8 Å². The molecule has 4 rings (SSSR count). The van der Waals surface area contributed by atoms with Crippen molar-refractivity contribution in [2.75, 3.05) is 19.7 Å². The first kappa shape index (κ1) is 24.3. The lowest BCUT2D eigenvalue weighted by Gasteiger charge is -2.27. The summed E-state index contributed by atoms with van der Waals surface area (Å²) in [5.41, 5.74) is 4.49. The molecule has 0 aromatic heterocycles. The van der Waals surface area contributed by atoms with Gasteiger partial charge in [0.25, 0.3) is 0 Å². The van der Waals surface area contributed by atoms with Crippen molar-refractivity contribution in [3.63, 3.8) is 0 Å². The van der Waals surface area contributed by atoms with Crippen molar-refractivity contribution >= 4 is 18.0 Å². The first-order valence-electron chi connectivity index (χ1n) is 12.0. The Bertz CT molecular complexity index is 1120. The number of alkyl carbamates (subject to hydrolysis) is 1. The van der Waals surface area contributed by atoms with Crippen molar-refractivity contribution in [3.8, 4) is 23.0 Å². The second kappa shape index (κ2) is 11.1. The molecule has 2 amide bonds. The average Bonchev–Trinajstić information content (AvgIpc) is 3.63. The maximum absolute atomic E-state index is 13.2. The molecule has 2 aromatic rings. The number of nitrogens with one attached hydrogen (secondary N) is 1. The first-order valence-corrected chi connectivity index (χ1v) is 12.0. The van der Waals surface area contributed by atoms with E-state index in [1.807, 2.05) is 36.4 Å². The summed E-state index contributed by atoms with van der Waals surface area (Å²) in [5.74, 6) is 4.64. The quantitative estimate of drug-likeness (QED) is 0.507. The molecular weight excluding hydrogens is 444 g/mol. The summed E-state index contributed by atoms with van der Waals surface area (Å²) < 4.78 is 5.61. The van der Waals surface area contributed by atoms with Gasteiger partial charge in [-0.15, -0.1) is 11.8 Å². The van der Waals surface area contributed by atoms with E-state index >= 15 is 0 Å². The molecule has 2 aromatic carbocycles. The zero-order chi connectivity index (χ0) is 24.8. The molecular formula is C28H30N2O5. The van der Waals surface area contributed by atoms with Gasteiger partial charge in [-0.1, -0.05) is 48.5 Å². The summed E-state index contributed by atoms with van der Waals surface area (Å²) in [5, 5.41) is 11.8. The normalized spacial score (nSPS) is 14.7. The van der Waals surface area contributed by atoms with Crippen LogP contribution in [-0.4, -0.2) is 53.7 Å². The molecule has 0 bridgehead atoms. The van der Waals surface area contributed by atoms with Crippen LogP contribution in [0.5, 0.6) is 0 Å². The molecule has 0 heterocycles. The van der Waals surface area contributed by atoms with Crippen LogP contribution in [0.1, 0.15) is 49.7 Å². The molecule has 7 nitrogen and oxygen atoms in total. The number of carbonyl (C=O) groups excluding carboxylic acids is 2. The van der Waals surface area contributed by atoms with Gasteiger partial charge in [-0.3, -0.25) is 9.59 Å². The maximum Gasteiger partial charge on any atom is 0.407 e. The van der Waals surface area contributed by atoms with Gasteiger partial charge in [0, 0.05) is 25.4 Å². The summed E-state index contributed by atoms with van der Waals surface area (Å²) in [6.07, 6.45) is 1.35. The van der Waals surface area contributed by atoms with Gasteiger partial charge in [0.15, 0.2) is 0 Å². The summed E-state index contributed by atoms with van der Waals surface area (Å²) in [6, 6.07) is 15.3. The zero-order valence-electron chi connectivity index (χ0n) is 19.8. The highest BCUT2D eigenvalue weighted by molar-refractivity contribution is 5.86.